The van der Waals surface area contributed by atoms with Crippen molar-refractivity contribution in [3.63, 3.8) is 0 Å². The van der Waals surface area contributed by atoms with E-state index in [1.54, 1.807) is 35.3 Å². The van der Waals surface area contributed by atoms with Crippen molar-refractivity contribution in [2.45, 2.75) is 6.92 Å². The Morgan fingerprint density at radius 1 is 1.22 bits per heavy atom. The second-order valence-electron chi connectivity index (χ2n) is 5.45. The molecule has 2 N–H and O–H groups in total. The second kappa shape index (κ2) is 6.01. The van der Waals surface area contributed by atoms with E-state index >= 15 is 0 Å². The number of anilines is 2. The molecule has 1 aliphatic heterocycles. The van der Waals surface area contributed by atoms with Crippen molar-refractivity contribution in [1.29, 1.82) is 0 Å². The molecule has 2 aromatic rings. The molecule has 116 valence electrons. The van der Waals surface area contributed by atoms with Crippen LogP contribution in [0.2, 0.25) is 0 Å². The summed E-state index contributed by atoms with van der Waals surface area (Å²) in [6.07, 6.45) is 3.43. The first-order valence-corrected chi connectivity index (χ1v) is 7.37. The smallest absolute Gasteiger partial charge is 0.294 e. The molecule has 0 spiro atoms. The van der Waals surface area contributed by atoms with Crippen LogP contribution in [0.5, 0.6) is 5.75 Å². The third kappa shape index (κ3) is 2.97. The van der Waals surface area contributed by atoms with Crippen molar-refractivity contribution in [3.05, 3.63) is 72.0 Å². The molecule has 0 aromatic heterocycles. The van der Waals surface area contributed by atoms with E-state index in [4.69, 9.17) is 10.5 Å². The molecule has 1 heterocycles. The number of amides is 1. The number of fused-ring (bicyclic) bond motifs is 1. The Morgan fingerprint density at radius 3 is 2.65 bits per heavy atom. The lowest BCUT2D eigenvalue weighted by atomic mass is 10.1. The molecule has 0 aliphatic carbocycles. The molecule has 0 saturated carbocycles. The van der Waals surface area contributed by atoms with E-state index in [1.165, 1.54) is 0 Å². The van der Waals surface area contributed by atoms with Gasteiger partial charge in [-0.25, -0.2) is 0 Å². The summed E-state index contributed by atoms with van der Waals surface area (Å²) in [4.78, 5) is 14.3. The summed E-state index contributed by atoms with van der Waals surface area (Å²) in [7, 11) is 0. The average molecular weight is 306 g/mol. The topological polar surface area (TPSA) is 55.6 Å². The zero-order valence-electron chi connectivity index (χ0n) is 13.0. The van der Waals surface area contributed by atoms with Crippen LogP contribution < -0.4 is 15.4 Å². The molecule has 0 fully saturated rings. The SMILES string of the molecule is C=CCN1C(=O)/C(=C\c2ccc(C)cc2)Oc2cc(N)ccc21. The summed E-state index contributed by atoms with van der Waals surface area (Å²) in [5, 5.41) is 0. The molecule has 1 aliphatic rings. The van der Waals surface area contributed by atoms with E-state index in [0.717, 1.165) is 11.1 Å². The van der Waals surface area contributed by atoms with E-state index in [0.29, 0.717) is 23.7 Å². The normalized spacial score (nSPS) is 15.3. The van der Waals surface area contributed by atoms with Crippen molar-refractivity contribution < 1.29 is 9.53 Å². The Balaban J connectivity index is 2.04. The predicted octanol–water partition coefficient (Wildman–Crippen LogP) is 3.53. The number of hydrogen-bond acceptors (Lipinski definition) is 3. The Bertz CT molecular complexity index is 792. The predicted molar refractivity (Wildman–Crippen MR) is 93.2 cm³/mol. The molecule has 0 saturated heterocycles. The number of nitrogens with zero attached hydrogens (tertiary/aromatic N) is 1. The lowest BCUT2D eigenvalue weighted by Gasteiger charge is -2.29. The third-order valence-electron chi connectivity index (χ3n) is 3.64. The maximum Gasteiger partial charge on any atom is 0.294 e. The first-order valence-electron chi connectivity index (χ1n) is 7.37. The summed E-state index contributed by atoms with van der Waals surface area (Å²) in [5.74, 6) is 0.654. The average Bonchev–Trinajstić information content (AvgIpc) is 2.53. The van der Waals surface area contributed by atoms with Crippen LogP contribution in [0.1, 0.15) is 11.1 Å². The van der Waals surface area contributed by atoms with E-state index in [2.05, 4.69) is 6.58 Å². The van der Waals surface area contributed by atoms with E-state index in [-0.39, 0.29) is 11.7 Å². The Hall–Kier alpha value is -3.01. The maximum atomic E-state index is 12.7. The van der Waals surface area contributed by atoms with Crippen LogP contribution in [0.15, 0.2) is 60.9 Å². The largest absolute Gasteiger partial charge is 0.449 e. The molecule has 0 unspecified atom stereocenters. The van der Waals surface area contributed by atoms with Crippen LogP contribution in [-0.2, 0) is 4.79 Å². The summed E-state index contributed by atoms with van der Waals surface area (Å²) >= 11 is 0. The van der Waals surface area contributed by atoms with Crippen molar-refractivity contribution in [2.24, 2.45) is 0 Å². The first-order chi connectivity index (χ1) is 11.1. The molecule has 3 rings (SSSR count). The molecular formula is C19H18N2O2. The minimum Gasteiger partial charge on any atom is -0.449 e. The Morgan fingerprint density at radius 2 is 1.96 bits per heavy atom. The highest BCUT2D eigenvalue weighted by Gasteiger charge is 2.29. The van der Waals surface area contributed by atoms with E-state index < -0.39 is 0 Å². The number of rotatable bonds is 3. The van der Waals surface area contributed by atoms with E-state index in [1.807, 2.05) is 31.2 Å². The molecule has 2 aromatic carbocycles. The number of ether oxygens (including phenoxy) is 1. The van der Waals surface area contributed by atoms with Gasteiger partial charge in [-0.1, -0.05) is 35.9 Å². The number of hydrogen-bond donors (Lipinski definition) is 1. The van der Waals surface area contributed by atoms with Crippen LogP contribution in [-0.4, -0.2) is 12.5 Å². The van der Waals surface area contributed by atoms with Crippen molar-refractivity contribution in [2.75, 3.05) is 17.2 Å². The van der Waals surface area contributed by atoms with Gasteiger partial charge in [0, 0.05) is 18.3 Å². The summed E-state index contributed by atoms with van der Waals surface area (Å²) in [6, 6.07) is 13.1. The number of aryl methyl sites for hydroxylation is 1. The molecule has 0 bridgehead atoms. The van der Waals surface area contributed by atoms with Crippen LogP contribution in [0, 0.1) is 6.92 Å². The van der Waals surface area contributed by atoms with Crippen molar-refractivity contribution in [1.82, 2.24) is 0 Å². The van der Waals surface area contributed by atoms with Gasteiger partial charge in [0.25, 0.3) is 5.91 Å². The quantitative estimate of drug-likeness (QED) is 0.536. The fourth-order valence-corrected chi connectivity index (χ4v) is 2.46. The number of nitrogens with two attached hydrogens (primary N) is 1. The first kappa shape index (κ1) is 14.9. The Kier molecular flexibility index (Phi) is 3.89. The maximum absolute atomic E-state index is 12.7. The molecule has 23 heavy (non-hydrogen) atoms. The van der Waals surface area contributed by atoms with Crippen LogP contribution in [0.4, 0.5) is 11.4 Å². The Labute approximate surface area is 135 Å². The number of nitrogen functional groups attached to an aromatic ring is 1. The fourth-order valence-electron chi connectivity index (χ4n) is 2.46. The fraction of sp³-hybridized carbons (Fsp3) is 0.105. The monoisotopic (exact) mass is 306 g/mol. The second-order valence-corrected chi connectivity index (χ2v) is 5.45. The lowest BCUT2D eigenvalue weighted by Crippen LogP contribution is -2.37. The molecular weight excluding hydrogens is 288 g/mol. The van der Waals surface area contributed by atoms with Crippen molar-refractivity contribution >= 4 is 23.4 Å². The van der Waals surface area contributed by atoms with Gasteiger partial charge in [0.1, 0.15) is 0 Å². The molecule has 0 atom stereocenters. The number of carbonyl (C=O) groups excluding carboxylic acids is 1. The van der Waals surface area contributed by atoms with E-state index in [9.17, 15) is 4.79 Å². The van der Waals surface area contributed by atoms with Gasteiger partial charge in [-0.3, -0.25) is 9.69 Å². The summed E-state index contributed by atoms with van der Waals surface area (Å²) in [5.41, 5.74) is 9.18. The van der Waals surface area contributed by atoms with Crippen LogP contribution in [0.3, 0.4) is 0 Å². The molecule has 0 radical (unpaired) electrons. The minimum absolute atomic E-state index is 0.192. The number of benzene rings is 2. The zero-order valence-corrected chi connectivity index (χ0v) is 13.0. The van der Waals surface area contributed by atoms with Gasteiger partial charge in [0.05, 0.1) is 5.69 Å². The van der Waals surface area contributed by atoms with Gasteiger partial charge in [-0.15, -0.1) is 6.58 Å². The summed E-state index contributed by atoms with van der Waals surface area (Å²) < 4.78 is 5.79. The van der Waals surface area contributed by atoms with Gasteiger partial charge in [-0.2, -0.15) is 0 Å². The molecule has 4 nitrogen and oxygen atoms in total. The zero-order chi connectivity index (χ0) is 16.4. The minimum atomic E-state index is -0.192. The number of carbonyl (C=O) groups is 1. The van der Waals surface area contributed by atoms with Gasteiger partial charge < -0.3 is 10.5 Å². The van der Waals surface area contributed by atoms with Gasteiger partial charge >= 0.3 is 0 Å². The van der Waals surface area contributed by atoms with Gasteiger partial charge in [-0.05, 0) is 30.7 Å². The van der Waals surface area contributed by atoms with Crippen molar-refractivity contribution in [3.8, 4) is 5.75 Å². The van der Waals surface area contributed by atoms with Crippen LogP contribution in [0.25, 0.3) is 6.08 Å². The third-order valence-corrected chi connectivity index (χ3v) is 3.64. The van der Waals surface area contributed by atoms with Crippen LogP contribution >= 0.6 is 0 Å². The highest BCUT2D eigenvalue weighted by Crippen LogP contribution is 2.37. The molecule has 4 heteroatoms. The lowest BCUT2D eigenvalue weighted by molar-refractivity contribution is -0.117. The van der Waals surface area contributed by atoms with Gasteiger partial charge in [0.15, 0.2) is 11.5 Å². The standard InChI is InChI=1S/C19H18N2O2/c1-3-10-21-16-9-8-15(20)12-17(16)23-18(19(21)22)11-14-6-4-13(2)5-7-14/h3-9,11-12H,1,10,20H2,2H3/b18-11+. The molecule has 1 amide bonds. The highest BCUT2D eigenvalue weighted by molar-refractivity contribution is 6.10. The highest BCUT2D eigenvalue weighted by atomic mass is 16.5. The van der Waals surface area contributed by atoms with Gasteiger partial charge in [0.2, 0.25) is 0 Å². The summed E-state index contributed by atoms with van der Waals surface area (Å²) in [6.45, 7) is 6.14.